The number of piperidine rings is 1. The van der Waals surface area contributed by atoms with Crippen molar-refractivity contribution in [3.63, 3.8) is 0 Å². The van der Waals surface area contributed by atoms with Gasteiger partial charge in [0.05, 0.1) is 11.7 Å². The van der Waals surface area contributed by atoms with Crippen molar-refractivity contribution in [1.29, 1.82) is 0 Å². The van der Waals surface area contributed by atoms with E-state index in [1.54, 1.807) is 0 Å². The van der Waals surface area contributed by atoms with Gasteiger partial charge in [-0.05, 0) is 57.9 Å². The molecule has 2 heterocycles. The SMILES string of the molecule is CC(N)C1CCCN(CC2CCC3(CCCCC3)O2)C1. The minimum atomic E-state index is 0.277. The topological polar surface area (TPSA) is 38.5 Å². The third-order valence-electron chi connectivity index (χ3n) is 5.85. The summed E-state index contributed by atoms with van der Waals surface area (Å²) in [6, 6.07) is 0.340. The van der Waals surface area contributed by atoms with Crippen LogP contribution in [0.3, 0.4) is 0 Å². The van der Waals surface area contributed by atoms with E-state index in [0.717, 1.165) is 6.54 Å². The Bertz CT molecular complexity index is 312. The molecule has 20 heavy (non-hydrogen) atoms. The molecular weight excluding hydrogens is 248 g/mol. The number of nitrogens with two attached hydrogens (primary N) is 1. The maximum atomic E-state index is 6.52. The highest BCUT2D eigenvalue weighted by molar-refractivity contribution is 4.92. The van der Waals surface area contributed by atoms with Gasteiger partial charge in [-0.1, -0.05) is 19.3 Å². The summed E-state index contributed by atoms with van der Waals surface area (Å²) in [4.78, 5) is 2.62. The Kier molecular flexibility index (Phi) is 4.68. The van der Waals surface area contributed by atoms with Crippen LogP contribution in [0.25, 0.3) is 0 Å². The molecule has 116 valence electrons. The zero-order valence-corrected chi connectivity index (χ0v) is 13.2. The van der Waals surface area contributed by atoms with Gasteiger partial charge in [0.25, 0.3) is 0 Å². The predicted molar refractivity (Wildman–Crippen MR) is 82.7 cm³/mol. The van der Waals surface area contributed by atoms with Crippen molar-refractivity contribution in [2.45, 2.75) is 82.5 Å². The second-order valence-corrected chi connectivity index (χ2v) is 7.54. The minimum absolute atomic E-state index is 0.277. The second kappa shape index (κ2) is 6.33. The lowest BCUT2D eigenvalue weighted by Crippen LogP contribution is -2.45. The van der Waals surface area contributed by atoms with Gasteiger partial charge in [-0.2, -0.15) is 0 Å². The largest absolute Gasteiger partial charge is 0.370 e. The first-order valence-corrected chi connectivity index (χ1v) is 8.83. The molecule has 0 radical (unpaired) electrons. The number of ether oxygens (including phenoxy) is 1. The van der Waals surface area contributed by atoms with E-state index in [1.165, 1.54) is 70.9 Å². The normalized spacial score (nSPS) is 36.3. The zero-order chi connectivity index (χ0) is 14.0. The predicted octanol–water partition coefficient (Wildman–Crippen LogP) is 2.93. The van der Waals surface area contributed by atoms with Crippen LogP contribution in [0.4, 0.5) is 0 Å². The molecule has 1 spiro atoms. The van der Waals surface area contributed by atoms with E-state index in [4.69, 9.17) is 10.5 Å². The Balaban J connectivity index is 1.49. The minimum Gasteiger partial charge on any atom is -0.370 e. The molecule has 3 aliphatic rings. The Labute approximate surface area is 124 Å². The zero-order valence-electron chi connectivity index (χ0n) is 13.2. The maximum absolute atomic E-state index is 6.52. The van der Waals surface area contributed by atoms with E-state index in [0.29, 0.717) is 18.1 Å². The number of nitrogens with zero attached hydrogens (tertiary/aromatic N) is 1. The summed E-state index contributed by atoms with van der Waals surface area (Å²) in [5, 5.41) is 0. The average molecular weight is 280 g/mol. The summed E-state index contributed by atoms with van der Waals surface area (Å²) in [5.41, 5.74) is 6.37. The highest BCUT2D eigenvalue weighted by atomic mass is 16.5. The maximum Gasteiger partial charge on any atom is 0.0710 e. The quantitative estimate of drug-likeness (QED) is 0.864. The third kappa shape index (κ3) is 3.37. The first kappa shape index (κ1) is 14.8. The van der Waals surface area contributed by atoms with Gasteiger partial charge in [-0.15, -0.1) is 0 Å². The summed E-state index contributed by atoms with van der Waals surface area (Å²) in [5.74, 6) is 0.689. The standard InChI is InChI=1S/C17H32N2O/c1-14(18)15-6-5-11-19(12-15)13-16-7-10-17(20-16)8-3-2-4-9-17/h14-16H,2-13,18H2,1H3. The number of rotatable bonds is 3. The molecule has 0 amide bonds. The fourth-order valence-corrected chi connectivity index (χ4v) is 4.56. The first-order valence-electron chi connectivity index (χ1n) is 8.83. The highest BCUT2D eigenvalue weighted by Gasteiger charge is 2.41. The third-order valence-corrected chi connectivity index (χ3v) is 5.85. The fraction of sp³-hybridized carbons (Fsp3) is 1.00. The molecule has 3 heteroatoms. The van der Waals surface area contributed by atoms with Gasteiger partial charge in [-0.3, -0.25) is 0 Å². The van der Waals surface area contributed by atoms with Gasteiger partial charge in [0.15, 0.2) is 0 Å². The Morgan fingerprint density at radius 1 is 1.15 bits per heavy atom. The van der Waals surface area contributed by atoms with Crippen molar-refractivity contribution >= 4 is 0 Å². The summed E-state index contributed by atoms with van der Waals surface area (Å²) in [6.07, 6.45) is 12.5. The molecule has 0 bridgehead atoms. The van der Waals surface area contributed by atoms with Crippen molar-refractivity contribution in [3.8, 4) is 0 Å². The molecule has 3 atom stereocenters. The molecule has 0 aromatic heterocycles. The van der Waals surface area contributed by atoms with Gasteiger partial charge in [0.2, 0.25) is 0 Å². The van der Waals surface area contributed by atoms with Crippen LogP contribution in [0.15, 0.2) is 0 Å². The van der Waals surface area contributed by atoms with Crippen LogP contribution in [-0.2, 0) is 4.74 Å². The molecule has 2 aliphatic heterocycles. The lowest BCUT2D eigenvalue weighted by molar-refractivity contribution is -0.0743. The molecule has 1 saturated carbocycles. The lowest BCUT2D eigenvalue weighted by atomic mass is 9.83. The first-order chi connectivity index (χ1) is 9.67. The van der Waals surface area contributed by atoms with Crippen molar-refractivity contribution in [2.24, 2.45) is 11.7 Å². The van der Waals surface area contributed by atoms with Gasteiger partial charge >= 0.3 is 0 Å². The Morgan fingerprint density at radius 3 is 2.70 bits per heavy atom. The van der Waals surface area contributed by atoms with E-state index in [2.05, 4.69) is 11.8 Å². The van der Waals surface area contributed by atoms with Gasteiger partial charge in [-0.25, -0.2) is 0 Å². The Hall–Kier alpha value is -0.120. The number of hydrogen-bond acceptors (Lipinski definition) is 3. The number of hydrogen-bond donors (Lipinski definition) is 1. The monoisotopic (exact) mass is 280 g/mol. The molecule has 3 unspecified atom stereocenters. The second-order valence-electron chi connectivity index (χ2n) is 7.54. The fourth-order valence-electron chi connectivity index (χ4n) is 4.56. The lowest BCUT2D eigenvalue weighted by Gasteiger charge is -2.37. The molecule has 2 N–H and O–H groups in total. The smallest absolute Gasteiger partial charge is 0.0710 e. The average Bonchev–Trinajstić information content (AvgIpc) is 2.82. The highest BCUT2D eigenvalue weighted by Crippen LogP contribution is 2.42. The molecule has 3 rings (SSSR count). The van der Waals surface area contributed by atoms with Crippen molar-refractivity contribution in [1.82, 2.24) is 4.90 Å². The molecule has 2 saturated heterocycles. The molecule has 0 aromatic carbocycles. The molecule has 0 aromatic rings. The van der Waals surface area contributed by atoms with Crippen LogP contribution in [0.2, 0.25) is 0 Å². The van der Waals surface area contributed by atoms with Crippen molar-refractivity contribution in [3.05, 3.63) is 0 Å². The van der Waals surface area contributed by atoms with Crippen molar-refractivity contribution in [2.75, 3.05) is 19.6 Å². The van der Waals surface area contributed by atoms with Gasteiger partial charge in [0.1, 0.15) is 0 Å². The van der Waals surface area contributed by atoms with Gasteiger partial charge < -0.3 is 15.4 Å². The molecule has 1 aliphatic carbocycles. The van der Waals surface area contributed by atoms with E-state index in [-0.39, 0.29) is 5.60 Å². The van der Waals surface area contributed by atoms with E-state index in [9.17, 15) is 0 Å². The summed E-state index contributed by atoms with van der Waals surface area (Å²) in [6.45, 7) is 5.74. The Morgan fingerprint density at radius 2 is 1.95 bits per heavy atom. The number of likely N-dealkylation sites (tertiary alicyclic amines) is 1. The van der Waals surface area contributed by atoms with Crippen LogP contribution in [0.1, 0.15) is 64.7 Å². The van der Waals surface area contributed by atoms with Crippen LogP contribution in [0, 0.1) is 5.92 Å². The van der Waals surface area contributed by atoms with Crippen LogP contribution in [-0.4, -0.2) is 42.3 Å². The van der Waals surface area contributed by atoms with E-state index < -0.39 is 0 Å². The molecule has 3 fully saturated rings. The summed E-state index contributed by atoms with van der Waals surface area (Å²) >= 11 is 0. The van der Waals surface area contributed by atoms with Crippen molar-refractivity contribution < 1.29 is 4.74 Å². The summed E-state index contributed by atoms with van der Waals surface area (Å²) in [7, 11) is 0. The summed E-state index contributed by atoms with van der Waals surface area (Å²) < 4.78 is 6.52. The van der Waals surface area contributed by atoms with Crippen LogP contribution >= 0.6 is 0 Å². The van der Waals surface area contributed by atoms with Crippen LogP contribution in [0.5, 0.6) is 0 Å². The van der Waals surface area contributed by atoms with Gasteiger partial charge in [0, 0.05) is 19.1 Å². The molecular formula is C17H32N2O. The van der Waals surface area contributed by atoms with E-state index >= 15 is 0 Å². The van der Waals surface area contributed by atoms with Crippen LogP contribution < -0.4 is 5.73 Å². The van der Waals surface area contributed by atoms with E-state index in [1.807, 2.05) is 0 Å². The molecule has 3 nitrogen and oxygen atoms in total.